The zero-order valence-corrected chi connectivity index (χ0v) is 12.1. The summed E-state index contributed by atoms with van der Waals surface area (Å²) >= 11 is 0. The largest absolute Gasteiger partial charge is 0.311 e. The zero-order valence-electron chi connectivity index (χ0n) is 12.1. The van der Waals surface area contributed by atoms with E-state index < -0.39 is 0 Å². The fraction of sp³-hybridized carbons (Fsp3) is 1.00. The number of hydrogen-bond donors (Lipinski definition) is 1. The Morgan fingerprint density at radius 1 is 1.00 bits per heavy atom. The standard InChI is InChI=1S/C16H30N2/c1-16(9-5-6-10-16)18-12-11-17-15(13-18)14-7-3-2-4-8-14/h14-15,17H,2-13H2,1H3. The van der Waals surface area contributed by atoms with Crippen molar-refractivity contribution in [1.29, 1.82) is 0 Å². The Morgan fingerprint density at radius 2 is 1.72 bits per heavy atom. The molecule has 2 heteroatoms. The second-order valence-corrected chi connectivity index (χ2v) is 7.11. The van der Waals surface area contributed by atoms with Gasteiger partial charge in [-0.25, -0.2) is 0 Å². The lowest BCUT2D eigenvalue weighted by molar-refractivity contribution is 0.0539. The van der Waals surface area contributed by atoms with E-state index in [1.165, 1.54) is 77.4 Å². The number of hydrogen-bond acceptors (Lipinski definition) is 2. The first-order valence-electron chi connectivity index (χ1n) is 8.26. The van der Waals surface area contributed by atoms with Gasteiger partial charge < -0.3 is 5.32 Å². The Balaban J connectivity index is 1.60. The summed E-state index contributed by atoms with van der Waals surface area (Å²) in [4.78, 5) is 2.83. The highest BCUT2D eigenvalue weighted by molar-refractivity contribution is 4.96. The molecule has 18 heavy (non-hydrogen) atoms. The summed E-state index contributed by atoms with van der Waals surface area (Å²) in [5.74, 6) is 0.964. The van der Waals surface area contributed by atoms with Crippen LogP contribution in [0.25, 0.3) is 0 Å². The number of nitrogens with one attached hydrogen (secondary N) is 1. The number of piperazine rings is 1. The first-order chi connectivity index (χ1) is 8.78. The molecule has 104 valence electrons. The SMILES string of the molecule is CC1(N2CCNC(C3CCCCC3)C2)CCCC1. The van der Waals surface area contributed by atoms with Gasteiger partial charge in [-0.3, -0.25) is 4.90 Å². The molecular weight excluding hydrogens is 220 g/mol. The molecule has 2 nitrogen and oxygen atoms in total. The van der Waals surface area contributed by atoms with Crippen LogP contribution in [0.1, 0.15) is 64.7 Å². The van der Waals surface area contributed by atoms with Gasteiger partial charge in [0.05, 0.1) is 0 Å². The van der Waals surface area contributed by atoms with Crippen LogP contribution in [0.3, 0.4) is 0 Å². The Kier molecular flexibility index (Phi) is 3.95. The van der Waals surface area contributed by atoms with E-state index in [0.717, 1.165) is 12.0 Å². The van der Waals surface area contributed by atoms with Gasteiger partial charge in [0, 0.05) is 31.2 Å². The van der Waals surface area contributed by atoms with Crippen LogP contribution in [0.15, 0.2) is 0 Å². The van der Waals surface area contributed by atoms with E-state index in [0.29, 0.717) is 5.54 Å². The van der Waals surface area contributed by atoms with Crippen LogP contribution in [0.5, 0.6) is 0 Å². The molecule has 0 bridgehead atoms. The van der Waals surface area contributed by atoms with E-state index in [1.807, 2.05) is 0 Å². The lowest BCUT2D eigenvalue weighted by Gasteiger charge is -2.46. The van der Waals surface area contributed by atoms with Gasteiger partial charge in [0.15, 0.2) is 0 Å². The third-order valence-electron chi connectivity index (χ3n) is 5.87. The van der Waals surface area contributed by atoms with Gasteiger partial charge in [-0.2, -0.15) is 0 Å². The van der Waals surface area contributed by atoms with Crippen molar-refractivity contribution in [2.75, 3.05) is 19.6 Å². The smallest absolute Gasteiger partial charge is 0.0223 e. The van der Waals surface area contributed by atoms with Crippen molar-refractivity contribution in [3.05, 3.63) is 0 Å². The Hall–Kier alpha value is -0.0800. The molecule has 0 aromatic carbocycles. The molecule has 0 radical (unpaired) electrons. The molecule has 0 aromatic rings. The third-order valence-corrected chi connectivity index (χ3v) is 5.87. The van der Waals surface area contributed by atoms with Crippen molar-refractivity contribution in [1.82, 2.24) is 10.2 Å². The zero-order chi connectivity index (χ0) is 12.4. The number of nitrogens with zero attached hydrogens (tertiary/aromatic N) is 1. The summed E-state index contributed by atoms with van der Waals surface area (Å²) in [7, 11) is 0. The first kappa shape index (κ1) is 12.9. The van der Waals surface area contributed by atoms with Crippen molar-refractivity contribution in [2.45, 2.75) is 76.3 Å². The lowest BCUT2D eigenvalue weighted by atomic mass is 9.82. The van der Waals surface area contributed by atoms with Gasteiger partial charge in [0.1, 0.15) is 0 Å². The van der Waals surface area contributed by atoms with Gasteiger partial charge in [-0.1, -0.05) is 32.1 Å². The van der Waals surface area contributed by atoms with Crippen molar-refractivity contribution >= 4 is 0 Å². The molecule has 1 unspecified atom stereocenters. The molecular formula is C16H30N2. The molecule has 2 saturated carbocycles. The molecule has 2 aliphatic carbocycles. The van der Waals surface area contributed by atoms with Gasteiger partial charge in [-0.15, -0.1) is 0 Å². The minimum absolute atomic E-state index is 0.537. The minimum atomic E-state index is 0.537. The molecule has 3 aliphatic rings. The average molecular weight is 250 g/mol. The van der Waals surface area contributed by atoms with Gasteiger partial charge in [0.2, 0.25) is 0 Å². The van der Waals surface area contributed by atoms with Crippen LogP contribution < -0.4 is 5.32 Å². The van der Waals surface area contributed by atoms with Gasteiger partial charge in [0.25, 0.3) is 0 Å². The molecule has 1 aliphatic heterocycles. The lowest BCUT2D eigenvalue weighted by Crippen LogP contribution is -2.59. The fourth-order valence-electron chi connectivity index (χ4n) is 4.57. The van der Waals surface area contributed by atoms with Crippen LogP contribution >= 0.6 is 0 Å². The van der Waals surface area contributed by atoms with E-state index in [-0.39, 0.29) is 0 Å². The Morgan fingerprint density at radius 3 is 2.44 bits per heavy atom. The van der Waals surface area contributed by atoms with Crippen LogP contribution in [-0.4, -0.2) is 36.1 Å². The van der Waals surface area contributed by atoms with Crippen LogP contribution in [0.2, 0.25) is 0 Å². The highest BCUT2D eigenvalue weighted by Crippen LogP contribution is 2.36. The summed E-state index contributed by atoms with van der Waals surface area (Å²) in [5.41, 5.74) is 0.537. The monoisotopic (exact) mass is 250 g/mol. The van der Waals surface area contributed by atoms with E-state index in [2.05, 4.69) is 17.1 Å². The summed E-state index contributed by atoms with van der Waals surface area (Å²) in [6.07, 6.45) is 13.1. The number of rotatable bonds is 2. The second kappa shape index (κ2) is 5.50. The Bertz CT molecular complexity index is 264. The molecule has 3 fully saturated rings. The third kappa shape index (κ3) is 2.60. The van der Waals surface area contributed by atoms with E-state index in [9.17, 15) is 0 Å². The van der Waals surface area contributed by atoms with E-state index >= 15 is 0 Å². The first-order valence-corrected chi connectivity index (χ1v) is 8.26. The van der Waals surface area contributed by atoms with Crippen molar-refractivity contribution in [3.8, 4) is 0 Å². The Labute approximate surface area is 113 Å². The minimum Gasteiger partial charge on any atom is -0.311 e. The fourth-order valence-corrected chi connectivity index (χ4v) is 4.57. The summed E-state index contributed by atoms with van der Waals surface area (Å²) in [6, 6.07) is 0.788. The maximum atomic E-state index is 3.82. The highest BCUT2D eigenvalue weighted by Gasteiger charge is 2.38. The summed E-state index contributed by atoms with van der Waals surface area (Å²) in [6.45, 7) is 6.33. The van der Waals surface area contributed by atoms with Crippen molar-refractivity contribution < 1.29 is 0 Å². The topological polar surface area (TPSA) is 15.3 Å². The van der Waals surface area contributed by atoms with Crippen molar-refractivity contribution in [3.63, 3.8) is 0 Å². The van der Waals surface area contributed by atoms with E-state index in [4.69, 9.17) is 0 Å². The van der Waals surface area contributed by atoms with Gasteiger partial charge >= 0.3 is 0 Å². The molecule has 1 saturated heterocycles. The van der Waals surface area contributed by atoms with Crippen LogP contribution in [0, 0.1) is 5.92 Å². The summed E-state index contributed by atoms with van der Waals surface area (Å²) < 4.78 is 0. The maximum absolute atomic E-state index is 3.82. The molecule has 1 N–H and O–H groups in total. The normalized spacial score (nSPS) is 34.8. The van der Waals surface area contributed by atoms with Crippen LogP contribution in [0.4, 0.5) is 0 Å². The summed E-state index contributed by atoms with van der Waals surface area (Å²) in [5, 5.41) is 3.82. The molecule has 0 aromatic heterocycles. The molecule has 1 heterocycles. The molecule has 3 rings (SSSR count). The van der Waals surface area contributed by atoms with Crippen molar-refractivity contribution in [2.24, 2.45) is 5.92 Å². The molecule has 0 spiro atoms. The van der Waals surface area contributed by atoms with E-state index in [1.54, 1.807) is 0 Å². The predicted octanol–water partition coefficient (Wildman–Crippen LogP) is 3.17. The highest BCUT2D eigenvalue weighted by atomic mass is 15.3. The molecule has 0 amide bonds. The quantitative estimate of drug-likeness (QED) is 0.810. The van der Waals surface area contributed by atoms with Gasteiger partial charge in [-0.05, 0) is 38.5 Å². The van der Waals surface area contributed by atoms with Crippen LogP contribution in [-0.2, 0) is 0 Å². The second-order valence-electron chi connectivity index (χ2n) is 7.11. The molecule has 1 atom stereocenters. The maximum Gasteiger partial charge on any atom is 0.0223 e. The predicted molar refractivity (Wildman–Crippen MR) is 76.8 cm³/mol. The average Bonchev–Trinajstić information content (AvgIpc) is 2.88.